The van der Waals surface area contributed by atoms with Crippen molar-refractivity contribution in [2.24, 2.45) is 0 Å². The maximum Gasteiger partial charge on any atom is 0.273 e. The maximum absolute atomic E-state index is 12.8. The van der Waals surface area contributed by atoms with Gasteiger partial charge in [-0.25, -0.2) is 4.39 Å². The van der Waals surface area contributed by atoms with E-state index in [2.05, 4.69) is 0 Å². The molecule has 1 aromatic rings. The lowest BCUT2D eigenvalue weighted by Gasteiger charge is -2.08. The van der Waals surface area contributed by atoms with Gasteiger partial charge >= 0.3 is 0 Å². The van der Waals surface area contributed by atoms with Crippen LogP contribution in [0.15, 0.2) is 18.2 Å². The van der Waals surface area contributed by atoms with Crippen LogP contribution in [0.4, 0.5) is 10.1 Å². The molecule has 1 aromatic carbocycles. The molecule has 0 saturated heterocycles. The second-order valence-electron chi connectivity index (χ2n) is 3.04. The van der Waals surface area contributed by atoms with Crippen LogP contribution in [-0.4, -0.2) is 16.6 Å². The predicted molar refractivity (Wildman–Crippen MR) is 48.6 cm³/mol. The molecule has 0 fully saturated rings. The lowest BCUT2D eigenvalue weighted by molar-refractivity contribution is -0.385. The molecule has 5 heteroatoms. The molecule has 0 amide bonds. The molecule has 76 valence electrons. The fourth-order valence-electron chi connectivity index (χ4n) is 1.18. The summed E-state index contributed by atoms with van der Waals surface area (Å²) >= 11 is 0. The van der Waals surface area contributed by atoms with Crippen LogP contribution in [0.1, 0.15) is 18.4 Å². The summed E-state index contributed by atoms with van der Waals surface area (Å²) in [5.74, 6) is -0.975. The molecule has 0 aliphatic heterocycles. The minimum Gasteiger partial charge on any atom is -0.396 e. The summed E-state index contributed by atoms with van der Waals surface area (Å²) in [5, 5.41) is 19.4. The largest absolute Gasteiger partial charge is 0.396 e. The Balaban J connectivity index is 3.22. The average molecular weight is 199 g/mol. The van der Waals surface area contributed by atoms with E-state index in [4.69, 9.17) is 5.11 Å². The van der Waals surface area contributed by atoms with Crippen molar-refractivity contribution in [2.45, 2.75) is 12.8 Å². The highest BCUT2D eigenvalue weighted by atomic mass is 19.1. The van der Waals surface area contributed by atoms with E-state index in [0.717, 1.165) is 18.2 Å². The first kappa shape index (κ1) is 10.6. The maximum atomic E-state index is 12.8. The highest BCUT2D eigenvalue weighted by Gasteiger charge is 2.18. The standard InChI is InChI=1S/C9H10FNO3/c1-6(5-12)8-4-7(10)2-3-9(8)11(13)14/h2-4,6,12H,5H2,1H3. The van der Waals surface area contributed by atoms with Crippen LogP contribution in [0.2, 0.25) is 0 Å². The van der Waals surface area contributed by atoms with Gasteiger partial charge in [0.15, 0.2) is 0 Å². The molecule has 1 N–H and O–H groups in total. The number of nitro benzene ring substituents is 1. The van der Waals surface area contributed by atoms with Crippen LogP contribution in [0.5, 0.6) is 0 Å². The van der Waals surface area contributed by atoms with Gasteiger partial charge in [-0.2, -0.15) is 0 Å². The van der Waals surface area contributed by atoms with Gasteiger partial charge in [-0.15, -0.1) is 0 Å². The first-order valence-electron chi connectivity index (χ1n) is 4.11. The van der Waals surface area contributed by atoms with E-state index in [0.29, 0.717) is 0 Å². The van der Waals surface area contributed by atoms with Gasteiger partial charge < -0.3 is 5.11 Å². The quantitative estimate of drug-likeness (QED) is 0.596. The number of aliphatic hydroxyl groups is 1. The van der Waals surface area contributed by atoms with Crippen LogP contribution in [0, 0.1) is 15.9 Å². The van der Waals surface area contributed by atoms with Crippen molar-refractivity contribution in [3.05, 3.63) is 39.7 Å². The molecule has 0 saturated carbocycles. The summed E-state index contributed by atoms with van der Waals surface area (Å²) in [7, 11) is 0. The predicted octanol–water partition coefficient (Wildman–Crippen LogP) is 1.83. The third kappa shape index (κ3) is 2.05. The zero-order valence-corrected chi connectivity index (χ0v) is 7.61. The van der Waals surface area contributed by atoms with Crippen molar-refractivity contribution in [3.63, 3.8) is 0 Å². The summed E-state index contributed by atoms with van der Waals surface area (Å²) in [5.41, 5.74) is 0.0606. The number of hydrogen-bond acceptors (Lipinski definition) is 3. The van der Waals surface area contributed by atoms with Crippen LogP contribution >= 0.6 is 0 Å². The Morgan fingerprint density at radius 2 is 2.29 bits per heavy atom. The Morgan fingerprint density at radius 1 is 1.64 bits per heavy atom. The molecule has 1 rings (SSSR count). The molecule has 0 spiro atoms. The number of aliphatic hydroxyl groups excluding tert-OH is 1. The fraction of sp³-hybridized carbons (Fsp3) is 0.333. The van der Waals surface area contributed by atoms with Gasteiger partial charge in [-0.05, 0) is 12.1 Å². The Hall–Kier alpha value is -1.49. The number of nitro groups is 1. The topological polar surface area (TPSA) is 63.4 Å². The highest BCUT2D eigenvalue weighted by molar-refractivity contribution is 5.42. The SMILES string of the molecule is CC(CO)c1cc(F)ccc1[N+](=O)[O-]. The van der Waals surface area contributed by atoms with Crippen molar-refractivity contribution in [2.75, 3.05) is 6.61 Å². The molecule has 0 bridgehead atoms. The summed E-state index contributed by atoms with van der Waals surface area (Å²) in [6.45, 7) is 1.35. The lowest BCUT2D eigenvalue weighted by Crippen LogP contribution is -2.04. The summed E-state index contributed by atoms with van der Waals surface area (Å²) < 4.78 is 12.8. The van der Waals surface area contributed by atoms with Crippen LogP contribution in [0.3, 0.4) is 0 Å². The molecule has 0 heterocycles. The lowest BCUT2D eigenvalue weighted by atomic mass is 10.0. The molecular weight excluding hydrogens is 189 g/mol. The molecule has 0 radical (unpaired) electrons. The third-order valence-corrected chi connectivity index (χ3v) is 1.99. The van der Waals surface area contributed by atoms with Gasteiger partial charge in [0.1, 0.15) is 5.82 Å². The molecule has 0 aromatic heterocycles. The van der Waals surface area contributed by atoms with Crippen LogP contribution in [0.25, 0.3) is 0 Å². The molecule has 0 aliphatic carbocycles. The second-order valence-corrected chi connectivity index (χ2v) is 3.04. The van der Waals surface area contributed by atoms with Crippen molar-refractivity contribution in [1.82, 2.24) is 0 Å². The zero-order chi connectivity index (χ0) is 10.7. The number of halogens is 1. The van der Waals surface area contributed by atoms with Gasteiger partial charge in [-0.1, -0.05) is 6.92 Å². The minimum absolute atomic E-state index is 0.159. The number of rotatable bonds is 3. The third-order valence-electron chi connectivity index (χ3n) is 1.99. The highest BCUT2D eigenvalue weighted by Crippen LogP contribution is 2.26. The number of hydrogen-bond donors (Lipinski definition) is 1. The van der Waals surface area contributed by atoms with Gasteiger partial charge in [-0.3, -0.25) is 10.1 Å². The van der Waals surface area contributed by atoms with E-state index in [1.54, 1.807) is 6.92 Å². The van der Waals surface area contributed by atoms with E-state index < -0.39 is 16.7 Å². The summed E-state index contributed by atoms with van der Waals surface area (Å²) in [4.78, 5) is 9.97. The van der Waals surface area contributed by atoms with Crippen molar-refractivity contribution >= 4 is 5.69 Å². The van der Waals surface area contributed by atoms with Gasteiger partial charge in [0.05, 0.1) is 4.92 Å². The number of benzene rings is 1. The Kier molecular flexibility index (Phi) is 3.14. The van der Waals surface area contributed by atoms with E-state index in [1.165, 1.54) is 0 Å². The average Bonchev–Trinajstić information content (AvgIpc) is 2.16. The molecule has 4 nitrogen and oxygen atoms in total. The molecule has 1 unspecified atom stereocenters. The van der Waals surface area contributed by atoms with Crippen LogP contribution in [-0.2, 0) is 0 Å². The fourth-order valence-corrected chi connectivity index (χ4v) is 1.18. The van der Waals surface area contributed by atoms with Crippen LogP contribution < -0.4 is 0 Å². The molecular formula is C9H10FNO3. The zero-order valence-electron chi connectivity index (χ0n) is 7.61. The van der Waals surface area contributed by atoms with Gasteiger partial charge in [0.25, 0.3) is 5.69 Å². The van der Waals surface area contributed by atoms with Crippen molar-refractivity contribution in [3.8, 4) is 0 Å². The van der Waals surface area contributed by atoms with E-state index >= 15 is 0 Å². The first-order valence-corrected chi connectivity index (χ1v) is 4.11. The number of nitrogens with zero attached hydrogens (tertiary/aromatic N) is 1. The molecule has 0 aliphatic rings. The Morgan fingerprint density at radius 3 is 2.79 bits per heavy atom. The monoisotopic (exact) mass is 199 g/mol. The first-order chi connectivity index (χ1) is 6.56. The van der Waals surface area contributed by atoms with Gasteiger partial charge in [0, 0.05) is 24.2 Å². The van der Waals surface area contributed by atoms with E-state index in [9.17, 15) is 14.5 Å². The summed E-state index contributed by atoms with van der Waals surface area (Å²) in [6, 6.07) is 3.22. The minimum atomic E-state index is -0.582. The van der Waals surface area contributed by atoms with E-state index in [1.807, 2.05) is 0 Å². The smallest absolute Gasteiger partial charge is 0.273 e. The Bertz CT molecular complexity index is 354. The molecule has 14 heavy (non-hydrogen) atoms. The normalized spacial score (nSPS) is 12.5. The molecule has 1 atom stereocenters. The van der Waals surface area contributed by atoms with Gasteiger partial charge in [0.2, 0.25) is 0 Å². The Labute approximate surface area is 80.1 Å². The second kappa shape index (κ2) is 4.15. The summed E-state index contributed by atoms with van der Waals surface area (Å²) in [6.07, 6.45) is 0. The van der Waals surface area contributed by atoms with Crippen molar-refractivity contribution in [1.29, 1.82) is 0 Å². The van der Waals surface area contributed by atoms with E-state index in [-0.39, 0.29) is 17.9 Å². The van der Waals surface area contributed by atoms with Crippen molar-refractivity contribution < 1.29 is 14.4 Å².